The summed E-state index contributed by atoms with van der Waals surface area (Å²) in [6.07, 6.45) is 4.39. The maximum atomic E-state index is 15.2. The van der Waals surface area contributed by atoms with E-state index in [4.69, 9.17) is 11.6 Å². The van der Waals surface area contributed by atoms with Gasteiger partial charge in [-0.05, 0) is 75.5 Å². The SMILES string of the molecule is C=CC(=O)N1CCN(c2c(C#N)c(=O)n3c4c(c(-c5ccc(F)cc5F)c(Cl)cc24)CCC3CCN2CCC2)[C@@H](C)C1. The van der Waals surface area contributed by atoms with Crippen LogP contribution in [-0.2, 0) is 11.2 Å². The van der Waals surface area contributed by atoms with Crippen molar-refractivity contribution in [2.45, 2.75) is 44.7 Å². The van der Waals surface area contributed by atoms with E-state index in [0.29, 0.717) is 54.6 Å². The summed E-state index contributed by atoms with van der Waals surface area (Å²) in [5.41, 5.74) is 2.14. The Morgan fingerprint density at radius 1 is 1.21 bits per heavy atom. The zero-order valence-corrected chi connectivity index (χ0v) is 24.3. The van der Waals surface area contributed by atoms with Crippen molar-refractivity contribution < 1.29 is 13.6 Å². The van der Waals surface area contributed by atoms with Crippen molar-refractivity contribution >= 4 is 34.1 Å². The molecule has 0 aliphatic carbocycles. The molecule has 0 radical (unpaired) electrons. The summed E-state index contributed by atoms with van der Waals surface area (Å²) < 4.78 is 30.8. The predicted octanol–water partition coefficient (Wildman–Crippen LogP) is 5.28. The Balaban J connectivity index is 1.59. The maximum Gasteiger partial charge on any atom is 0.271 e. The van der Waals surface area contributed by atoms with Gasteiger partial charge in [-0.1, -0.05) is 18.2 Å². The molecule has 0 bridgehead atoms. The van der Waals surface area contributed by atoms with Crippen LogP contribution in [0.15, 0.2) is 41.7 Å². The van der Waals surface area contributed by atoms with Gasteiger partial charge >= 0.3 is 0 Å². The molecule has 2 aromatic carbocycles. The van der Waals surface area contributed by atoms with Crippen molar-refractivity contribution in [3.8, 4) is 17.2 Å². The first kappa shape index (κ1) is 28.4. The minimum Gasteiger partial charge on any atom is -0.363 e. The summed E-state index contributed by atoms with van der Waals surface area (Å²) in [6.45, 7) is 9.69. The number of likely N-dealkylation sites (tertiary alicyclic amines) is 1. The first-order valence-corrected chi connectivity index (χ1v) is 14.8. The fourth-order valence-electron chi connectivity index (χ4n) is 6.85. The number of piperazine rings is 1. The number of amides is 1. The highest BCUT2D eigenvalue weighted by molar-refractivity contribution is 6.35. The number of aromatic nitrogens is 1. The maximum absolute atomic E-state index is 15.2. The number of benzene rings is 2. The van der Waals surface area contributed by atoms with Gasteiger partial charge in [-0.15, -0.1) is 0 Å². The molecule has 1 unspecified atom stereocenters. The molecule has 2 atom stereocenters. The van der Waals surface area contributed by atoms with Crippen molar-refractivity contribution in [2.24, 2.45) is 0 Å². The quantitative estimate of drug-likeness (QED) is 0.365. The smallest absolute Gasteiger partial charge is 0.271 e. The van der Waals surface area contributed by atoms with E-state index in [1.807, 2.05) is 11.8 Å². The second-order valence-electron chi connectivity index (χ2n) is 11.5. The summed E-state index contributed by atoms with van der Waals surface area (Å²) >= 11 is 6.92. The third-order valence-electron chi connectivity index (χ3n) is 9.05. The molecule has 1 amide bonds. The number of hydrogen-bond donors (Lipinski definition) is 0. The molecule has 4 heterocycles. The topological polar surface area (TPSA) is 72.6 Å². The molecule has 0 spiro atoms. The third kappa shape index (κ3) is 4.67. The van der Waals surface area contributed by atoms with Crippen LogP contribution in [0.5, 0.6) is 0 Å². The van der Waals surface area contributed by atoms with Gasteiger partial charge in [-0.3, -0.25) is 9.59 Å². The molecule has 42 heavy (non-hydrogen) atoms. The fourth-order valence-corrected chi connectivity index (χ4v) is 7.17. The first-order valence-electron chi connectivity index (χ1n) is 14.4. The lowest BCUT2D eigenvalue weighted by molar-refractivity contribution is -0.126. The number of nitriles is 1. The lowest BCUT2D eigenvalue weighted by Gasteiger charge is -2.42. The molecule has 3 aliphatic heterocycles. The van der Waals surface area contributed by atoms with Gasteiger partial charge in [-0.2, -0.15) is 5.26 Å². The van der Waals surface area contributed by atoms with E-state index in [9.17, 15) is 19.2 Å². The summed E-state index contributed by atoms with van der Waals surface area (Å²) in [7, 11) is 0. The van der Waals surface area contributed by atoms with Crippen molar-refractivity contribution in [3.05, 3.63) is 75.1 Å². The first-order chi connectivity index (χ1) is 20.2. The Morgan fingerprint density at radius 3 is 2.64 bits per heavy atom. The molecule has 6 rings (SSSR count). The molecule has 7 nitrogen and oxygen atoms in total. The van der Waals surface area contributed by atoms with Crippen LogP contribution in [0.3, 0.4) is 0 Å². The molecule has 2 saturated heterocycles. The highest BCUT2D eigenvalue weighted by Gasteiger charge is 2.35. The average Bonchev–Trinajstić information content (AvgIpc) is 2.94. The van der Waals surface area contributed by atoms with Crippen LogP contribution >= 0.6 is 11.6 Å². The van der Waals surface area contributed by atoms with Crippen molar-refractivity contribution in [1.82, 2.24) is 14.4 Å². The molecular formula is C32H32ClF2N5O2. The largest absolute Gasteiger partial charge is 0.363 e. The van der Waals surface area contributed by atoms with Gasteiger partial charge in [0.2, 0.25) is 5.91 Å². The molecule has 1 aromatic heterocycles. The fraction of sp³-hybridized carbons (Fsp3) is 0.406. The van der Waals surface area contributed by atoms with E-state index < -0.39 is 11.6 Å². The minimum atomic E-state index is -0.730. The van der Waals surface area contributed by atoms with E-state index in [-0.39, 0.29) is 39.7 Å². The summed E-state index contributed by atoms with van der Waals surface area (Å²) in [4.78, 5) is 32.7. The lowest BCUT2D eigenvalue weighted by Crippen LogP contribution is -2.54. The molecule has 10 heteroatoms. The summed E-state index contributed by atoms with van der Waals surface area (Å²) in [5.74, 6) is -1.58. The summed E-state index contributed by atoms with van der Waals surface area (Å²) in [6, 6.07) is 7.00. The van der Waals surface area contributed by atoms with Crippen molar-refractivity contribution in [3.63, 3.8) is 0 Å². The monoisotopic (exact) mass is 591 g/mol. The second kappa shape index (κ2) is 11.2. The number of carbonyl (C=O) groups excluding carboxylic acids is 1. The zero-order valence-electron chi connectivity index (χ0n) is 23.5. The van der Waals surface area contributed by atoms with Gasteiger partial charge in [0.25, 0.3) is 5.56 Å². The molecule has 3 aliphatic rings. The Hall–Kier alpha value is -3.74. The lowest BCUT2D eigenvalue weighted by atomic mass is 9.87. The molecule has 218 valence electrons. The van der Waals surface area contributed by atoms with E-state index in [0.717, 1.165) is 37.7 Å². The number of rotatable bonds is 6. The van der Waals surface area contributed by atoms with E-state index in [1.54, 1.807) is 15.5 Å². The van der Waals surface area contributed by atoms with Crippen molar-refractivity contribution in [2.75, 3.05) is 44.2 Å². The van der Waals surface area contributed by atoms with Crippen LogP contribution in [0.4, 0.5) is 14.5 Å². The number of carbonyl (C=O) groups is 1. The standard InChI is InChI=1S/C32H32ClF2N5O2/c1-3-28(41)38-13-14-39(19(2)18-38)30-24-16-26(33)29(22-7-5-20(34)15-27(22)35)23-8-6-21(9-12-37-10-4-11-37)40(31(23)24)32(42)25(30)17-36/h3,5,7,15-16,19,21H,1,4,6,8-14,18H2,2H3/t19-,21?/m0/s1. The van der Waals surface area contributed by atoms with Gasteiger partial charge < -0.3 is 19.3 Å². The number of anilines is 1. The molecule has 0 N–H and O–H groups in total. The van der Waals surface area contributed by atoms with Gasteiger partial charge in [0.1, 0.15) is 23.3 Å². The zero-order chi connectivity index (χ0) is 29.7. The van der Waals surface area contributed by atoms with Crippen LogP contribution in [0.2, 0.25) is 5.02 Å². The minimum absolute atomic E-state index is 0.0384. The number of pyridine rings is 1. The Bertz CT molecular complexity index is 1710. The Kier molecular flexibility index (Phi) is 7.54. The Morgan fingerprint density at radius 2 is 2.00 bits per heavy atom. The predicted molar refractivity (Wildman–Crippen MR) is 160 cm³/mol. The normalized spacial score (nSPS) is 20.4. The highest BCUT2D eigenvalue weighted by atomic mass is 35.5. The number of aryl methyl sites for hydroxylation is 1. The van der Waals surface area contributed by atoms with Gasteiger partial charge in [0.15, 0.2) is 0 Å². The van der Waals surface area contributed by atoms with Gasteiger partial charge in [0, 0.05) is 65.9 Å². The highest BCUT2D eigenvalue weighted by Crippen LogP contribution is 2.46. The average molecular weight is 592 g/mol. The van der Waals surface area contributed by atoms with Crippen LogP contribution in [-0.4, -0.2) is 65.6 Å². The van der Waals surface area contributed by atoms with Crippen LogP contribution in [0.25, 0.3) is 22.0 Å². The van der Waals surface area contributed by atoms with Crippen LogP contribution in [0.1, 0.15) is 43.4 Å². The van der Waals surface area contributed by atoms with E-state index in [1.165, 1.54) is 24.6 Å². The van der Waals surface area contributed by atoms with Crippen LogP contribution < -0.4 is 10.5 Å². The number of hydrogen-bond acceptors (Lipinski definition) is 5. The third-order valence-corrected chi connectivity index (χ3v) is 9.35. The molecule has 3 aromatic rings. The molecular weight excluding hydrogens is 560 g/mol. The van der Waals surface area contributed by atoms with Crippen LogP contribution in [0, 0.1) is 23.0 Å². The second-order valence-corrected chi connectivity index (χ2v) is 11.9. The van der Waals surface area contributed by atoms with Gasteiger partial charge in [-0.25, -0.2) is 8.78 Å². The van der Waals surface area contributed by atoms with Crippen molar-refractivity contribution in [1.29, 1.82) is 5.26 Å². The Labute approximate surface area is 248 Å². The molecule has 0 saturated carbocycles. The number of nitrogens with zero attached hydrogens (tertiary/aromatic N) is 5. The van der Waals surface area contributed by atoms with E-state index >= 15 is 4.39 Å². The van der Waals surface area contributed by atoms with E-state index in [2.05, 4.69) is 17.5 Å². The van der Waals surface area contributed by atoms with Gasteiger partial charge in [0.05, 0.1) is 11.2 Å². The summed E-state index contributed by atoms with van der Waals surface area (Å²) in [5, 5.41) is 11.3. The molecule has 2 fully saturated rings. The number of halogens is 3.